The summed E-state index contributed by atoms with van der Waals surface area (Å²) in [6.45, 7) is 6.59. The summed E-state index contributed by atoms with van der Waals surface area (Å²) in [6, 6.07) is 7.15. The van der Waals surface area contributed by atoms with Crippen molar-refractivity contribution in [3.63, 3.8) is 0 Å². The van der Waals surface area contributed by atoms with Crippen LogP contribution in [-0.2, 0) is 19.5 Å². The van der Waals surface area contributed by atoms with Gasteiger partial charge in [-0.2, -0.15) is 0 Å². The molecule has 0 radical (unpaired) electrons. The number of carboxylic acid groups (broad SMARTS) is 1. The van der Waals surface area contributed by atoms with E-state index in [-0.39, 0.29) is 11.5 Å². The van der Waals surface area contributed by atoms with E-state index >= 15 is 0 Å². The topological polar surface area (TPSA) is 96.7 Å². The van der Waals surface area contributed by atoms with Crippen LogP contribution < -0.4 is 0 Å². The molecule has 3 atom stereocenters. The minimum Gasteiger partial charge on any atom is -0.477 e. The number of terminal acetylenes is 1. The molecule has 0 spiro atoms. The van der Waals surface area contributed by atoms with Crippen molar-refractivity contribution < 1.29 is 28.5 Å². The number of rotatable bonds is 7. The van der Waals surface area contributed by atoms with E-state index in [2.05, 4.69) is 4.98 Å². The predicted molar refractivity (Wildman–Crippen MR) is 112 cm³/mol. The molecule has 158 valence electrons. The Morgan fingerprint density at radius 3 is 2.33 bits per heavy atom. The molecule has 0 aliphatic carbocycles. The summed E-state index contributed by atoms with van der Waals surface area (Å²) in [5, 5.41) is 19.1. The van der Waals surface area contributed by atoms with Gasteiger partial charge in [0.15, 0.2) is 5.60 Å². The van der Waals surface area contributed by atoms with Crippen molar-refractivity contribution in [2.75, 3.05) is 7.11 Å². The van der Waals surface area contributed by atoms with Crippen molar-refractivity contribution >= 4 is 14.0 Å². The van der Waals surface area contributed by atoms with E-state index in [0.717, 1.165) is 7.11 Å². The number of pyridine rings is 1. The van der Waals surface area contributed by atoms with Crippen LogP contribution in [0.15, 0.2) is 30.3 Å². The highest BCUT2D eigenvalue weighted by Gasteiger charge is 2.71. The van der Waals surface area contributed by atoms with Crippen LogP contribution in [0.4, 0.5) is 4.39 Å². The standard InChI is InChI=1S/C22H23FNO5P/c1-7-22(20(25)26,30(28)29-6)21(5,27)18-17(15-8-10-16(23)11-9-15)12-14(4)24-19(18)13(2)3/h1,8-13,27H,2-6H3/p+1. The van der Waals surface area contributed by atoms with Crippen molar-refractivity contribution in [2.24, 2.45) is 0 Å². The van der Waals surface area contributed by atoms with E-state index in [1.165, 1.54) is 31.2 Å². The molecule has 0 bridgehead atoms. The van der Waals surface area contributed by atoms with Crippen molar-refractivity contribution in [3.8, 4) is 23.5 Å². The van der Waals surface area contributed by atoms with Crippen molar-refractivity contribution in [1.82, 2.24) is 4.98 Å². The fraction of sp³-hybridized carbons (Fsp3) is 0.364. The summed E-state index contributed by atoms with van der Waals surface area (Å²) >= 11 is 0. The van der Waals surface area contributed by atoms with Gasteiger partial charge in [0.2, 0.25) is 0 Å². The highest BCUT2D eigenvalue weighted by molar-refractivity contribution is 7.43. The third-order valence-corrected chi connectivity index (χ3v) is 6.66. The van der Waals surface area contributed by atoms with Crippen LogP contribution in [0.1, 0.15) is 43.6 Å². The third kappa shape index (κ3) is 3.75. The average Bonchev–Trinajstić information content (AvgIpc) is 2.67. The third-order valence-electron chi connectivity index (χ3n) is 5.03. The van der Waals surface area contributed by atoms with Crippen LogP contribution in [0, 0.1) is 25.1 Å². The second kappa shape index (κ2) is 8.61. The lowest BCUT2D eigenvalue weighted by atomic mass is 9.76. The molecule has 2 N–H and O–H groups in total. The number of nitrogens with zero attached hydrogens (tertiary/aromatic N) is 1. The molecule has 0 aliphatic heterocycles. The number of halogens is 1. The van der Waals surface area contributed by atoms with Crippen molar-refractivity contribution in [1.29, 1.82) is 0 Å². The molecule has 30 heavy (non-hydrogen) atoms. The monoisotopic (exact) mass is 432 g/mol. The van der Waals surface area contributed by atoms with Gasteiger partial charge in [0.25, 0.3) is 0 Å². The molecule has 0 amide bonds. The van der Waals surface area contributed by atoms with Gasteiger partial charge in [0, 0.05) is 11.3 Å². The van der Waals surface area contributed by atoms with Gasteiger partial charge in [-0.3, -0.25) is 4.98 Å². The lowest BCUT2D eigenvalue weighted by molar-refractivity contribution is -0.145. The maximum atomic E-state index is 13.5. The summed E-state index contributed by atoms with van der Waals surface area (Å²) in [4.78, 5) is 16.8. The zero-order valence-corrected chi connectivity index (χ0v) is 18.3. The second-order valence-corrected chi connectivity index (χ2v) is 8.96. The van der Waals surface area contributed by atoms with E-state index in [0.29, 0.717) is 22.5 Å². The summed E-state index contributed by atoms with van der Waals surface area (Å²) < 4.78 is 31.1. The summed E-state index contributed by atoms with van der Waals surface area (Å²) in [5.74, 6) is -0.333. The van der Waals surface area contributed by atoms with E-state index in [9.17, 15) is 24.0 Å². The first-order valence-electron chi connectivity index (χ1n) is 9.17. The molecule has 8 heteroatoms. The zero-order chi connectivity index (χ0) is 22.9. The van der Waals surface area contributed by atoms with Gasteiger partial charge in [0.1, 0.15) is 5.82 Å². The van der Waals surface area contributed by atoms with Crippen molar-refractivity contribution in [3.05, 3.63) is 53.1 Å². The smallest absolute Gasteiger partial charge is 0.477 e. The van der Waals surface area contributed by atoms with Gasteiger partial charge in [0.05, 0.1) is 12.8 Å². The van der Waals surface area contributed by atoms with E-state index in [4.69, 9.17) is 10.9 Å². The van der Waals surface area contributed by atoms with Gasteiger partial charge in [-0.15, -0.1) is 10.9 Å². The number of carbonyl (C=O) groups is 1. The molecule has 1 heterocycles. The minimum atomic E-state index is -3.03. The fourth-order valence-corrected chi connectivity index (χ4v) is 4.52. The Hall–Kier alpha value is -2.65. The molecule has 0 saturated heterocycles. The number of hydrogen-bond acceptors (Lipinski definition) is 5. The molecule has 0 fully saturated rings. The number of aliphatic hydroxyl groups is 1. The number of aryl methyl sites for hydroxylation is 1. The highest BCUT2D eigenvalue weighted by Crippen LogP contribution is 2.54. The Balaban J connectivity index is 3.03. The number of aromatic nitrogens is 1. The van der Waals surface area contributed by atoms with E-state index in [1.807, 2.05) is 19.8 Å². The maximum absolute atomic E-state index is 13.5. The molecule has 1 aromatic heterocycles. The number of benzene rings is 1. The summed E-state index contributed by atoms with van der Waals surface area (Å²) in [5.41, 5.74) is -0.314. The first kappa shape index (κ1) is 23.6. The molecule has 0 aliphatic rings. The van der Waals surface area contributed by atoms with Crippen LogP contribution in [0.3, 0.4) is 0 Å². The second-order valence-electron chi connectivity index (χ2n) is 7.40. The quantitative estimate of drug-likeness (QED) is 0.498. The molecule has 1 aromatic carbocycles. The first-order chi connectivity index (χ1) is 13.9. The number of hydrogen-bond donors (Lipinski definition) is 2. The van der Waals surface area contributed by atoms with Crippen LogP contribution >= 0.6 is 8.03 Å². The first-order valence-corrected chi connectivity index (χ1v) is 10.3. The summed E-state index contributed by atoms with van der Waals surface area (Å²) in [6.07, 6.45) is 5.55. The van der Waals surface area contributed by atoms with Gasteiger partial charge in [-0.05, 0) is 59.6 Å². The number of aliphatic carboxylic acids is 1. The highest BCUT2D eigenvalue weighted by atomic mass is 31.1. The largest absolute Gasteiger partial charge is 0.543 e. The minimum absolute atomic E-state index is 0.107. The Bertz CT molecular complexity index is 1030. The zero-order valence-electron chi connectivity index (χ0n) is 17.4. The fourth-order valence-electron chi connectivity index (χ4n) is 3.52. The Labute approximate surface area is 176 Å². The van der Waals surface area contributed by atoms with Crippen LogP contribution in [-0.4, -0.2) is 33.4 Å². The Morgan fingerprint density at radius 2 is 1.90 bits per heavy atom. The SMILES string of the molecule is C#CC(C(=O)O)([P+](=O)OC)C(C)(O)c1c(-c2ccc(F)cc2)cc(C)nc1C(C)C. The molecule has 2 aromatic rings. The van der Waals surface area contributed by atoms with Crippen LogP contribution in [0.25, 0.3) is 11.1 Å². The predicted octanol–water partition coefficient (Wildman–Crippen LogP) is 4.37. The van der Waals surface area contributed by atoms with Gasteiger partial charge in [-0.1, -0.05) is 26.0 Å². The maximum Gasteiger partial charge on any atom is 0.543 e. The van der Waals surface area contributed by atoms with Crippen LogP contribution in [0.5, 0.6) is 0 Å². The molecule has 6 nitrogen and oxygen atoms in total. The Morgan fingerprint density at radius 1 is 1.33 bits per heavy atom. The molecule has 0 saturated carbocycles. The lowest BCUT2D eigenvalue weighted by Gasteiger charge is -2.34. The molecular weight excluding hydrogens is 408 g/mol. The van der Waals surface area contributed by atoms with E-state index in [1.54, 1.807) is 13.0 Å². The van der Waals surface area contributed by atoms with Crippen molar-refractivity contribution in [2.45, 2.75) is 44.4 Å². The van der Waals surface area contributed by atoms with E-state index < -0.39 is 30.6 Å². The number of carboxylic acids is 1. The summed E-state index contributed by atoms with van der Waals surface area (Å²) in [7, 11) is -1.97. The van der Waals surface area contributed by atoms with Gasteiger partial charge < -0.3 is 10.2 Å². The average molecular weight is 432 g/mol. The molecule has 3 unspecified atom stereocenters. The van der Waals surface area contributed by atoms with Gasteiger partial charge in [-0.25, -0.2) is 9.18 Å². The van der Waals surface area contributed by atoms with Gasteiger partial charge >= 0.3 is 19.2 Å². The normalized spacial score (nSPS) is 15.8. The molecular formula is C22H24FNO5P+. The lowest BCUT2D eigenvalue weighted by Crippen LogP contribution is -2.53. The molecule has 2 rings (SSSR count). The van der Waals surface area contributed by atoms with Crippen LogP contribution in [0.2, 0.25) is 0 Å². The Kier molecular flexibility index (Phi) is 6.78.